The minimum Gasteiger partial charge on any atom is -0.312 e. The minimum atomic E-state index is 0.428. The molecule has 0 aromatic heterocycles. The molecule has 124 valence electrons. The molecule has 1 saturated heterocycles. The second-order valence-corrected chi connectivity index (χ2v) is 8.08. The van der Waals surface area contributed by atoms with E-state index in [0.29, 0.717) is 17.5 Å². The highest BCUT2D eigenvalue weighted by Crippen LogP contribution is 2.38. The van der Waals surface area contributed by atoms with E-state index >= 15 is 0 Å². The maximum atomic E-state index is 3.89. The van der Waals surface area contributed by atoms with Gasteiger partial charge in [-0.3, -0.25) is 4.90 Å². The van der Waals surface area contributed by atoms with E-state index in [1.54, 1.807) is 0 Å². The largest absolute Gasteiger partial charge is 0.312 e. The summed E-state index contributed by atoms with van der Waals surface area (Å²) >= 11 is 0. The predicted molar refractivity (Wildman–Crippen MR) is 91.8 cm³/mol. The minimum absolute atomic E-state index is 0.428. The number of nitrogens with one attached hydrogen (secondary N) is 1. The van der Waals surface area contributed by atoms with Gasteiger partial charge < -0.3 is 10.2 Å². The normalized spacial score (nSPS) is 31.7. The Morgan fingerprint density at radius 3 is 2.48 bits per heavy atom. The lowest BCUT2D eigenvalue weighted by Crippen LogP contribution is -2.60. The summed E-state index contributed by atoms with van der Waals surface area (Å²) < 4.78 is 0. The Morgan fingerprint density at radius 2 is 1.86 bits per heavy atom. The third-order valence-electron chi connectivity index (χ3n) is 5.95. The van der Waals surface area contributed by atoms with Crippen molar-refractivity contribution < 1.29 is 0 Å². The van der Waals surface area contributed by atoms with E-state index in [2.05, 4.69) is 50.0 Å². The van der Waals surface area contributed by atoms with Gasteiger partial charge >= 0.3 is 0 Å². The lowest BCUT2D eigenvalue weighted by atomic mass is 9.70. The summed E-state index contributed by atoms with van der Waals surface area (Å²) in [7, 11) is 4.65. The fourth-order valence-electron chi connectivity index (χ4n) is 4.43. The van der Waals surface area contributed by atoms with Crippen LogP contribution in [0.15, 0.2) is 0 Å². The van der Waals surface area contributed by atoms with Crippen LogP contribution >= 0.6 is 0 Å². The van der Waals surface area contributed by atoms with E-state index in [1.807, 2.05) is 0 Å². The number of rotatable bonds is 5. The summed E-state index contributed by atoms with van der Waals surface area (Å²) in [5.74, 6) is 0. The first-order valence-electron chi connectivity index (χ1n) is 9.09. The lowest BCUT2D eigenvalue weighted by Gasteiger charge is -2.50. The second kappa shape index (κ2) is 7.43. The number of nitrogens with zero attached hydrogens (tertiary/aromatic N) is 2. The van der Waals surface area contributed by atoms with Crippen LogP contribution in [-0.4, -0.2) is 61.7 Å². The highest BCUT2D eigenvalue weighted by molar-refractivity contribution is 4.99. The summed E-state index contributed by atoms with van der Waals surface area (Å²) in [5, 5.41) is 3.89. The Kier molecular flexibility index (Phi) is 6.10. The fourth-order valence-corrected chi connectivity index (χ4v) is 4.43. The quantitative estimate of drug-likeness (QED) is 0.841. The molecule has 2 rings (SSSR count). The molecule has 0 aromatic carbocycles. The molecular formula is C18H37N3. The first kappa shape index (κ1) is 17.2. The summed E-state index contributed by atoms with van der Waals surface area (Å²) in [6.45, 7) is 10.9. The number of piperidine rings is 1. The van der Waals surface area contributed by atoms with Gasteiger partial charge in [-0.2, -0.15) is 0 Å². The van der Waals surface area contributed by atoms with Crippen LogP contribution in [0.25, 0.3) is 0 Å². The van der Waals surface area contributed by atoms with Crippen LogP contribution in [-0.2, 0) is 0 Å². The van der Waals surface area contributed by atoms with E-state index < -0.39 is 0 Å². The van der Waals surface area contributed by atoms with Gasteiger partial charge in [0.1, 0.15) is 0 Å². The second-order valence-electron chi connectivity index (χ2n) is 8.08. The first-order valence-corrected chi connectivity index (χ1v) is 9.09. The van der Waals surface area contributed by atoms with Crippen molar-refractivity contribution in [1.29, 1.82) is 0 Å². The zero-order chi connectivity index (χ0) is 15.5. The van der Waals surface area contributed by atoms with Gasteiger partial charge in [-0.1, -0.05) is 27.2 Å². The van der Waals surface area contributed by atoms with Crippen molar-refractivity contribution in [3.05, 3.63) is 0 Å². The molecule has 21 heavy (non-hydrogen) atoms. The van der Waals surface area contributed by atoms with E-state index in [4.69, 9.17) is 0 Å². The van der Waals surface area contributed by atoms with Gasteiger partial charge in [-0.05, 0) is 71.2 Å². The molecule has 0 aromatic rings. The summed E-state index contributed by atoms with van der Waals surface area (Å²) in [5.41, 5.74) is 0.428. The highest BCUT2D eigenvalue weighted by Gasteiger charge is 2.41. The summed E-state index contributed by atoms with van der Waals surface area (Å²) in [6.07, 6.45) is 8.03. The molecule has 0 amide bonds. The van der Waals surface area contributed by atoms with Crippen molar-refractivity contribution in [2.24, 2.45) is 5.41 Å². The van der Waals surface area contributed by atoms with E-state index in [1.165, 1.54) is 51.6 Å². The molecule has 0 spiro atoms. The first-order chi connectivity index (χ1) is 9.95. The molecule has 2 fully saturated rings. The third kappa shape index (κ3) is 4.20. The molecule has 0 bridgehead atoms. The molecule has 1 aliphatic heterocycles. The molecule has 3 heteroatoms. The van der Waals surface area contributed by atoms with Crippen LogP contribution in [0.1, 0.15) is 59.3 Å². The number of hydrogen-bond acceptors (Lipinski definition) is 3. The van der Waals surface area contributed by atoms with Crippen molar-refractivity contribution in [3.63, 3.8) is 0 Å². The maximum Gasteiger partial charge on any atom is 0.0274 e. The van der Waals surface area contributed by atoms with E-state index in [0.717, 1.165) is 12.6 Å². The Morgan fingerprint density at radius 1 is 1.19 bits per heavy atom. The van der Waals surface area contributed by atoms with Gasteiger partial charge in [0.05, 0.1) is 0 Å². The maximum absolute atomic E-state index is 3.89. The SMILES string of the molecule is CCCNC1C(N(C)C2CCN(C)CC2)CCCC1(C)C. The summed E-state index contributed by atoms with van der Waals surface area (Å²) in [4.78, 5) is 5.21. The van der Waals surface area contributed by atoms with Gasteiger partial charge in [-0.15, -0.1) is 0 Å². The Balaban J connectivity index is 2.03. The van der Waals surface area contributed by atoms with Crippen LogP contribution in [0, 0.1) is 5.41 Å². The van der Waals surface area contributed by atoms with Crippen molar-refractivity contribution in [1.82, 2.24) is 15.1 Å². The average molecular weight is 296 g/mol. The predicted octanol–water partition coefficient (Wildman–Crippen LogP) is 2.96. The van der Waals surface area contributed by atoms with E-state index in [9.17, 15) is 0 Å². The van der Waals surface area contributed by atoms with Crippen LogP contribution in [0.4, 0.5) is 0 Å². The van der Waals surface area contributed by atoms with Gasteiger partial charge in [0.25, 0.3) is 0 Å². The van der Waals surface area contributed by atoms with Crippen LogP contribution < -0.4 is 5.32 Å². The molecule has 2 aliphatic rings. The summed E-state index contributed by atoms with van der Waals surface area (Å²) in [6, 6.07) is 2.15. The standard InChI is InChI=1S/C18H37N3/c1-6-12-19-17-16(8-7-11-18(17,2)3)21(5)15-9-13-20(4)14-10-15/h15-17,19H,6-14H2,1-5H3. The van der Waals surface area contributed by atoms with Crippen LogP contribution in [0.5, 0.6) is 0 Å². The van der Waals surface area contributed by atoms with Crippen LogP contribution in [0.3, 0.4) is 0 Å². The Hall–Kier alpha value is -0.120. The Bertz CT molecular complexity index is 308. The van der Waals surface area contributed by atoms with Gasteiger partial charge in [0.2, 0.25) is 0 Å². The Labute approximate surface area is 132 Å². The smallest absolute Gasteiger partial charge is 0.0274 e. The van der Waals surface area contributed by atoms with Crippen molar-refractivity contribution in [2.45, 2.75) is 77.4 Å². The average Bonchev–Trinajstić information content (AvgIpc) is 2.45. The molecule has 1 N–H and O–H groups in total. The number of likely N-dealkylation sites (N-methyl/N-ethyl adjacent to an activating group) is 1. The molecular weight excluding hydrogens is 258 g/mol. The number of likely N-dealkylation sites (tertiary alicyclic amines) is 1. The van der Waals surface area contributed by atoms with Crippen LogP contribution in [0.2, 0.25) is 0 Å². The van der Waals surface area contributed by atoms with Crippen molar-refractivity contribution in [3.8, 4) is 0 Å². The van der Waals surface area contributed by atoms with Gasteiger partial charge in [0.15, 0.2) is 0 Å². The lowest BCUT2D eigenvalue weighted by molar-refractivity contribution is 0.0227. The van der Waals surface area contributed by atoms with Crippen molar-refractivity contribution in [2.75, 3.05) is 33.7 Å². The van der Waals surface area contributed by atoms with Crippen molar-refractivity contribution >= 4 is 0 Å². The van der Waals surface area contributed by atoms with Gasteiger partial charge in [-0.25, -0.2) is 0 Å². The molecule has 1 aliphatic carbocycles. The molecule has 2 atom stereocenters. The highest BCUT2D eigenvalue weighted by atomic mass is 15.2. The zero-order valence-corrected chi connectivity index (χ0v) is 15.0. The number of hydrogen-bond donors (Lipinski definition) is 1. The van der Waals surface area contributed by atoms with Gasteiger partial charge in [0, 0.05) is 18.1 Å². The molecule has 3 nitrogen and oxygen atoms in total. The molecule has 1 saturated carbocycles. The monoisotopic (exact) mass is 295 g/mol. The molecule has 0 radical (unpaired) electrons. The van der Waals surface area contributed by atoms with E-state index in [-0.39, 0.29) is 0 Å². The molecule has 2 unspecified atom stereocenters. The molecule has 1 heterocycles. The third-order valence-corrected chi connectivity index (χ3v) is 5.95. The topological polar surface area (TPSA) is 18.5 Å². The fraction of sp³-hybridized carbons (Fsp3) is 1.00. The zero-order valence-electron chi connectivity index (χ0n) is 15.0.